The zero-order valence-corrected chi connectivity index (χ0v) is 16.0. The fraction of sp³-hybridized carbons (Fsp3) is 0.619. The van der Waals surface area contributed by atoms with Crippen molar-refractivity contribution >= 4 is 11.8 Å². The Hall–Kier alpha value is -1.88. The summed E-state index contributed by atoms with van der Waals surface area (Å²) in [4.78, 5) is 31.1. The minimum atomic E-state index is 0.206. The molecule has 142 valence electrons. The van der Waals surface area contributed by atoms with Crippen molar-refractivity contribution in [1.82, 2.24) is 14.7 Å². The van der Waals surface area contributed by atoms with Crippen molar-refractivity contribution in [3.63, 3.8) is 0 Å². The van der Waals surface area contributed by atoms with Crippen LogP contribution in [0.5, 0.6) is 0 Å². The molecule has 26 heavy (non-hydrogen) atoms. The predicted molar refractivity (Wildman–Crippen MR) is 103 cm³/mol. The minimum absolute atomic E-state index is 0.206. The lowest BCUT2D eigenvalue weighted by Gasteiger charge is -2.35. The monoisotopic (exact) mass is 357 g/mol. The summed E-state index contributed by atoms with van der Waals surface area (Å²) >= 11 is 0. The summed E-state index contributed by atoms with van der Waals surface area (Å²) in [5.41, 5.74) is 2.49. The molecule has 0 unspecified atom stereocenters. The number of hydrogen-bond acceptors (Lipinski definition) is 3. The molecule has 0 spiro atoms. The molecule has 0 saturated carbocycles. The Labute approximate surface area is 156 Å². The molecule has 5 nitrogen and oxygen atoms in total. The largest absolute Gasteiger partial charge is 0.339 e. The maximum absolute atomic E-state index is 12.5. The van der Waals surface area contributed by atoms with Crippen LogP contribution < -0.4 is 0 Å². The van der Waals surface area contributed by atoms with Crippen molar-refractivity contribution in [2.75, 3.05) is 45.8 Å². The molecule has 0 N–H and O–H groups in total. The lowest BCUT2D eigenvalue weighted by molar-refractivity contribution is -0.139. The normalized spacial score (nSPS) is 18.3. The van der Waals surface area contributed by atoms with E-state index in [0.717, 1.165) is 26.1 Å². The van der Waals surface area contributed by atoms with Crippen LogP contribution in [0.2, 0.25) is 0 Å². The van der Waals surface area contributed by atoms with Gasteiger partial charge in [0.2, 0.25) is 11.8 Å². The number of carbonyl (C=O) groups is 2. The van der Waals surface area contributed by atoms with Crippen molar-refractivity contribution in [1.29, 1.82) is 0 Å². The average molecular weight is 357 g/mol. The number of aryl methyl sites for hydroxylation is 2. The van der Waals surface area contributed by atoms with Crippen LogP contribution >= 0.6 is 0 Å². The van der Waals surface area contributed by atoms with Crippen LogP contribution in [0.1, 0.15) is 36.8 Å². The molecular formula is C21H31N3O2. The highest BCUT2D eigenvalue weighted by Gasteiger charge is 2.24. The molecule has 5 heteroatoms. The van der Waals surface area contributed by atoms with Gasteiger partial charge in [-0.2, -0.15) is 0 Å². The lowest BCUT2D eigenvalue weighted by Crippen LogP contribution is -2.51. The Morgan fingerprint density at radius 2 is 1.42 bits per heavy atom. The van der Waals surface area contributed by atoms with Gasteiger partial charge in [0.05, 0.1) is 0 Å². The van der Waals surface area contributed by atoms with Crippen LogP contribution in [-0.4, -0.2) is 72.3 Å². The number of amides is 2. The second-order valence-electron chi connectivity index (χ2n) is 7.49. The molecule has 3 rings (SSSR count). The van der Waals surface area contributed by atoms with Gasteiger partial charge >= 0.3 is 0 Å². The van der Waals surface area contributed by atoms with Crippen LogP contribution in [0.3, 0.4) is 0 Å². The molecule has 2 aliphatic heterocycles. The van der Waals surface area contributed by atoms with Gasteiger partial charge in [-0.05, 0) is 50.4 Å². The highest BCUT2D eigenvalue weighted by molar-refractivity contribution is 5.78. The van der Waals surface area contributed by atoms with E-state index < -0.39 is 0 Å². The van der Waals surface area contributed by atoms with E-state index in [0.29, 0.717) is 39.0 Å². The fourth-order valence-corrected chi connectivity index (χ4v) is 3.91. The summed E-state index contributed by atoms with van der Waals surface area (Å²) in [6, 6.07) is 8.24. The third-order valence-electron chi connectivity index (χ3n) is 5.70. The molecule has 1 aromatic rings. The Kier molecular flexibility index (Phi) is 6.67. The van der Waals surface area contributed by atoms with Gasteiger partial charge in [0.25, 0.3) is 0 Å². The first-order valence-corrected chi connectivity index (χ1v) is 9.96. The smallest absolute Gasteiger partial charge is 0.223 e. The topological polar surface area (TPSA) is 43.9 Å². The van der Waals surface area contributed by atoms with E-state index in [1.807, 2.05) is 21.9 Å². The number of carbonyl (C=O) groups excluding carboxylic acids is 2. The van der Waals surface area contributed by atoms with Gasteiger partial charge in [0.1, 0.15) is 0 Å². The molecule has 0 atom stereocenters. The third kappa shape index (κ3) is 5.07. The van der Waals surface area contributed by atoms with Gasteiger partial charge < -0.3 is 14.7 Å². The van der Waals surface area contributed by atoms with Gasteiger partial charge in [-0.3, -0.25) is 9.59 Å². The van der Waals surface area contributed by atoms with E-state index in [-0.39, 0.29) is 11.8 Å². The highest BCUT2D eigenvalue weighted by Crippen LogP contribution is 2.13. The van der Waals surface area contributed by atoms with Crippen LogP contribution in [0, 0.1) is 6.92 Å². The first-order chi connectivity index (χ1) is 12.6. The molecule has 0 bridgehead atoms. The first-order valence-electron chi connectivity index (χ1n) is 9.96. The number of rotatable bonds is 6. The van der Waals surface area contributed by atoms with Gasteiger partial charge in [-0.25, -0.2) is 0 Å². The summed E-state index contributed by atoms with van der Waals surface area (Å²) in [6.07, 6.45) is 4.48. The molecular weight excluding hydrogens is 326 g/mol. The molecule has 2 amide bonds. The molecule has 0 aromatic heterocycles. The molecule has 2 heterocycles. The molecule has 0 aliphatic carbocycles. The van der Waals surface area contributed by atoms with Crippen LogP contribution in [0.25, 0.3) is 0 Å². The molecule has 2 fully saturated rings. The summed E-state index contributed by atoms with van der Waals surface area (Å²) in [5, 5.41) is 0. The van der Waals surface area contributed by atoms with Crippen LogP contribution in [0.15, 0.2) is 24.3 Å². The SMILES string of the molecule is Cc1ccccc1CCC(=O)N1CCN(C(=O)CCN2CCCC2)CC1. The second-order valence-corrected chi connectivity index (χ2v) is 7.49. The van der Waals surface area contributed by atoms with Gasteiger partial charge in [-0.1, -0.05) is 24.3 Å². The van der Waals surface area contributed by atoms with Crippen molar-refractivity contribution in [2.45, 2.75) is 39.0 Å². The molecule has 2 saturated heterocycles. The first kappa shape index (κ1) is 18.9. The third-order valence-corrected chi connectivity index (χ3v) is 5.70. The number of benzene rings is 1. The number of hydrogen-bond donors (Lipinski definition) is 0. The Balaban J connectivity index is 1.37. The van der Waals surface area contributed by atoms with Crippen molar-refractivity contribution < 1.29 is 9.59 Å². The Bertz CT molecular complexity index is 617. The maximum Gasteiger partial charge on any atom is 0.223 e. The minimum Gasteiger partial charge on any atom is -0.339 e. The number of likely N-dealkylation sites (tertiary alicyclic amines) is 1. The van der Waals surface area contributed by atoms with Gasteiger partial charge in [-0.15, -0.1) is 0 Å². The summed E-state index contributed by atoms with van der Waals surface area (Å²) in [7, 11) is 0. The number of nitrogens with zero attached hydrogens (tertiary/aromatic N) is 3. The Morgan fingerprint density at radius 3 is 2.04 bits per heavy atom. The molecule has 1 aromatic carbocycles. The summed E-state index contributed by atoms with van der Waals surface area (Å²) in [5.74, 6) is 0.446. The Morgan fingerprint density at radius 1 is 0.846 bits per heavy atom. The zero-order valence-electron chi connectivity index (χ0n) is 16.0. The molecule has 0 radical (unpaired) electrons. The fourth-order valence-electron chi connectivity index (χ4n) is 3.91. The van der Waals surface area contributed by atoms with Crippen molar-refractivity contribution in [3.8, 4) is 0 Å². The van der Waals surface area contributed by atoms with Crippen LogP contribution in [0.4, 0.5) is 0 Å². The van der Waals surface area contributed by atoms with Gasteiger partial charge in [0, 0.05) is 45.6 Å². The summed E-state index contributed by atoms with van der Waals surface area (Å²) < 4.78 is 0. The molecule has 2 aliphatic rings. The van der Waals surface area contributed by atoms with E-state index in [4.69, 9.17) is 0 Å². The number of piperazine rings is 1. The maximum atomic E-state index is 12.5. The predicted octanol–water partition coefficient (Wildman–Crippen LogP) is 2.08. The van der Waals surface area contributed by atoms with Crippen LogP contribution in [-0.2, 0) is 16.0 Å². The van der Waals surface area contributed by atoms with Crippen molar-refractivity contribution in [3.05, 3.63) is 35.4 Å². The van der Waals surface area contributed by atoms with E-state index in [9.17, 15) is 9.59 Å². The average Bonchev–Trinajstić information content (AvgIpc) is 3.19. The van der Waals surface area contributed by atoms with E-state index in [2.05, 4.69) is 24.0 Å². The van der Waals surface area contributed by atoms with E-state index in [1.54, 1.807) is 0 Å². The second kappa shape index (κ2) is 9.17. The quantitative estimate of drug-likeness (QED) is 0.783. The lowest BCUT2D eigenvalue weighted by atomic mass is 10.0. The van der Waals surface area contributed by atoms with E-state index in [1.165, 1.54) is 24.0 Å². The zero-order chi connectivity index (χ0) is 18.4. The summed E-state index contributed by atoms with van der Waals surface area (Å²) in [6.45, 7) is 7.93. The van der Waals surface area contributed by atoms with Crippen molar-refractivity contribution in [2.24, 2.45) is 0 Å². The van der Waals surface area contributed by atoms with Gasteiger partial charge in [0.15, 0.2) is 0 Å². The standard InChI is InChI=1S/C21H31N3O2/c1-18-6-2-3-7-19(18)8-9-20(25)23-14-16-24(17-15-23)21(26)10-13-22-11-4-5-12-22/h2-3,6-7H,4-5,8-17H2,1H3. The highest BCUT2D eigenvalue weighted by atomic mass is 16.2. The van der Waals surface area contributed by atoms with E-state index >= 15 is 0 Å².